The van der Waals surface area contributed by atoms with Crippen molar-refractivity contribution < 1.29 is 24.1 Å². The number of carbonyl (C=O) groups is 3. The number of benzene rings is 3. The van der Waals surface area contributed by atoms with Crippen molar-refractivity contribution in [2.24, 2.45) is 0 Å². The third kappa shape index (κ3) is 4.63. The summed E-state index contributed by atoms with van der Waals surface area (Å²) in [6.45, 7) is 1.75. The standard InChI is InChI=1S/C24H23N2O5P/c1-2-21(23(28)26-25-22(27)19-15-9-10-16-20(19)24(29)30)32(31,17-11-5-3-6-12-17)18-13-7-4-8-14-18/h3-16,21H,2H2,1H3,(H,25,27)(H,26,28)(H,29,30). The van der Waals surface area contributed by atoms with Gasteiger partial charge in [-0.05, 0) is 18.6 Å². The minimum Gasteiger partial charge on any atom is -0.478 e. The van der Waals surface area contributed by atoms with Crippen LogP contribution >= 0.6 is 7.14 Å². The molecule has 0 heterocycles. The Morgan fingerprint density at radius 3 is 1.72 bits per heavy atom. The van der Waals surface area contributed by atoms with Gasteiger partial charge in [0.25, 0.3) is 5.91 Å². The van der Waals surface area contributed by atoms with Crippen molar-refractivity contribution in [3.8, 4) is 0 Å². The lowest BCUT2D eigenvalue weighted by Crippen LogP contribution is -2.48. The zero-order chi connectivity index (χ0) is 23.1. The highest BCUT2D eigenvalue weighted by atomic mass is 31.2. The molecule has 0 fully saturated rings. The highest BCUT2D eigenvalue weighted by molar-refractivity contribution is 7.80. The third-order valence-electron chi connectivity index (χ3n) is 5.11. The van der Waals surface area contributed by atoms with Gasteiger partial charge in [-0.15, -0.1) is 0 Å². The van der Waals surface area contributed by atoms with Gasteiger partial charge in [-0.2, -0.15) is 0 Å². The van der Waals surface area contributed by atoms with E-state index in [1.54, 1.807) is 67.6 Å². The topological polar surface area (TPSA) is 113 Å². The number of hydrogen-bond donors (Lipinski definition) is 3. The fourth-order valence-electron chi connectivity index (χ4n) is 3.55. The van der Waals surface area contributed by atoms with Gasteiger partial charge in [-0.25, -0.2) is 4.79 Å². The van der Waals surface area contributed by atoms with Gasteiger partial charge in [0.15, 0.2) is 7.14 Å². The zero-order valence-electron chi connectivity index (χ0n) is 17.4. The number of carboxylic acids is 1. The molecular weight excluding hydrogens is 427 g/mol. The van der Waals surface area contributed by atoms with E-state index in [4.69, 9.17) is 0 Å². The molecule has 0 aliphatic heterocycles. The summed E-state index contributed by atoms with van der Waals surface area (Å²) >= 11 is 0. The van der Waals surface area contributed by atoms with Gasteiger partial charge >= 0.3 is 5.97 Å². The minimum absolute atomic E-state index is 0.0948. The average molecular weight is 450 g/mol. The van der Waals surface area contributed by atoms with Crippen LogP contribution in [-0.2, 0) is 9.36 Å². The van der Waals surface area contributed by atoms with Gasteiger partial charge in [0, 0.05) is 10.6 Å². The maximum absolute atomic E-state index is 14.4. The number of carbonyl (C=O) groups excluding carboxylic acids is 2. The lowest BCUT2D eigenvalue weighted by atomic mass is 10.1. The Hall–Kier alpha value is -3.70. The Morgan fingerprint density at radius 1 is 0.781 bits per heavy atom. The number of aromatic carboxylic acids is 1. The maximum atomic E-state index is 14.4. The van der Waals surface area contributed by atoms with E-state index >= 15 is 0 Å². The summed E-state index contributed by atoms with van der Waals surface area (Å²) in [5, 5.41) is 10.3. The first kappa shape index (κ1) is 23.0. The fourth-order valence-corrected chi connectivity index (χ4v) is 6.71. The predicted molar refractivity (Wildman–Crippen MR) is 123 cm³/mol. The van der Waals surface area contributed by atoms with Gasteiger partial charge < -0.3 is 9.67 Å². The van der Waals surface area contributed by atoms with E-state index in [2.05, 4.69) is 10.9 Å². The molecule has 3 N–H and O–H groups in total. The Kier molecular flexibility index (Phi) is 7.23. The van der Waals surface area contributed by atoms with Crippen LogP contribution in [-0.4, -0.2) is 28.5 Å². The van der Waals surface area contributed by atoms with E-state index in [9.17, 15) is 24.1 Å². The quantitative estimate of drug-likeness (QED) is 0.379. The van der Waals surface area contributed by atoms with Crippen LogP contribution in [0, 0.1) is 0 Å². The molecule has 3 rings (SSSR count). The molecular formula is C24H23N2O5P. The fraction of sp³-hybridized carbons (Fsp3) is 0.125. The van der Waals surface area contributed by atoms with Crippen molar-refractivity contribution >= 4 is 35.5 Å². The second kappa shape index (κ2) is 10.1. The number of hydrogen-bond acceptors (Lipinski definition) is 4. The number of amides is 2. The molecule has 0 saturated heterocycles. The summed E-state index contributed by atoms with van der Waals surface area (Å²) in [4.78, 5) is 37.0. The molecule has 3 aromatic rings. The molecule has 0 aromatic heterocycles. The van der Waals surface area contributed by atoms with Crippen molar-refractivity contribution in [1.82, 2.24) is 10.9 Å². The van der Waals surface area contributed by atoms with E-state index < -0.39 is 30.6 Å². The Labute approximate surface area is 185 Å². The highest BCUT2D eigenvalue weighted by Gasteiger charge is 2.40. The lowest BCUT2D eigenvalue weighted by Gasteiger charge is -2.27. The summed E-state index contributed by atoms with van der Waals surface area (Å²) in [6.07, 6.45) is 0.258. The van der Waals surface area contributed by atoms with Gasteiger partial charge in [0.05, 0.1) is 11.1 Å². The minimum atomic E-state index is -3.40. The molecule has 0 aliphatic carbocycles. The largest absolute Gasteiger partial charge is 0.478 e. The first-order valence-electron chi connectivity index (χ1n) is 10.0. The molecule has 2 amide bonds. The van der Waals surface area contributed by atoms with E-state index in [1.807, 2.05) is 0 Å². The predicted octanol–water partition coefficient (Wildman–Crippen LogP) is 2.94. The first-order chi connectivity index (χ1) is 15.4. The van der Waals surface area contributed by atoms with Crippen LogP contribution in [0.5, 0.6) is 0 Å². The van der Waals surface area contributed by atoms with Crippen LogP contribution in [0.4, 0.5) is 0 Å². The molecule has 0 saturated carbocycles. The molecule has 0 spiro atoms. The molecule has 3 aromatic carbocycles. The summed E-state index contributed by atoms with van der Waals surface area (Å²) in [7, 11) is -3.40. The summed E-state index contributed by atoms with van der Waals surface area (Å²) < 4.78 is 14.4. The normalized spacial score (nSPS) is 11.9. The smallest absolute Gasteiger partial charge is 0.336 e. The van der Waals surface area contributed by atoms with Crippen LogP contribution < -0.4 is 21.5 Å². The monoisotopic (exact) mass is 450 g/mol. The van der Waals surface area contributed by atoms with E-state index in [1.165, 1.54) is 24.3 Å². The van der Waals surface area contributed by atoms with Crippen molar-refractivity contribution in [3.05, 3.63) is 96.1 Å². The van der Waals surface area contributed by atoms with Crippen LogP contribution in [0.2, 0.25) is 0 Å². The molecule has 1 unspecified atom stereocenters. The number of rotatable bonds is 7. The molecule has 8 heteroatoms. The van der Waals surface area contributed by atoms with Crippen molar-refractivity contribution in [1.29, 1.82) is 0 Å². The second-order valence-corrected chi connectivity index (χ2v) is 10.0. The molecule has 0 aliphatic rings. The first-order valence-corrected chi connectivity index (χ1v) is 11.8. The molecule has 0 radical (unpaired) electrons. The lowest BCUT2D eigenvalue weighted by molar-refractivity contribution is -0.121. The number of nitrogens with one attached hydrogen (secondary N) is 2. The van der Waals surface area contributed by atoms with Gasteiger partial charge in [0.1, 0.15) is 5.66 Å². The Morgan fingerprint density at radius 2 is 1.25 bits per heavy atom. The molecule has 164 valence electrons. The van der Waals surface area contributed by atoms with Gasteiger partial charge in [-0.1, -0.05) is 79.7 Å². The third-order valence-corrected chi connectivity index (χ3v) is 8.72. The summed E-state index contributed by atoms with van der Waals surface area (Å²) in [5.41, 5.74) is 3.37. The molecule has 0 bridgehead atoms. The van der Waals surface area contributed by atoms with Crippen LogP contribution in [0.1, 0.15) is 34.1 Å². The summed E-state index contributed by atoms with van der Waals surface area (Å²) in [6, 6.07) is 23.3. The Balaban J connectivity index is 1.89. The van der Waals surface area contributed by atoms with Crippen LogP contribution in [0.15, 0.2) is 84.9 Å². The molecule has 32 heavy (non-hydrogen) atoms. The average Bonchev–Trinajstić information content (AvgIpc) is 2.83. The van der Waals surface area contributed by atoms with E-state index in [-0.39, 0.29) is 17.5 Å². The second-order valence-electron chi connectivity index (χ2n) is 7.05. The van der Waals surface area contributed by atoms with E-state index in [0.29, 0.717) is 10.6 Å². The summed E-state index contributed by atoms with van der Waals surface area (Å²) in [5.74, 6) is -2.66. The van der Waals surface area contributed by atoms with Gasteiger partial charge in [-0.3, -0.25) is 20.4 Å². The maximum Gasteiger partial charge on any atom is 0.336 e. The van der Waals surface area contributed by atoms with Crippen LogP contribution in [0.3, 0.4) is 0 Å². The van der Waals surface area contributed by atoms with Crippen molar-refractivity contribution in [3.63, 3.8) is 0 Å². The number of hydrazine groups is 1. The zero-order valence-corrected chi connectivity index (χ0v) is 18.3. The molecule has 1 atom stereocenters. The van der Waals surface area contributed by atoms with Gasteiger partial charge in [0.2, 0.25) is 5.91 Å². The number of carboxylic acid groups (broad SMARTS) is 1. The Bertz CT molecular complexity index is 1120. The SMILES string of the molecule is CCC(C(=O)NNC(=O)c1ccccc1C(=O)O)P(=O)(c1ccccc1)c1ccccc1. The highest BCUT2D eigenvalue weighted by Crippen LogP contribution is 2.49. The van der Waals surface area contributed by atoms with Crippen LogP contribution in [0.25, 0.3) is 0 Å². The van der Waals surface area contributed by atoms with E-state index in [0.717, 1.165) is 0 Å². The molecule has 7 nitrogen and oxygen atoms in total. The van der Waals surface area contributed by atoms with Crippen molar-refractivity contribution in [2.75, 3.05) is 0 Å². The van der Waals surface area contributed by atoms with Crippen molar-refractivity contribution in [2.45, 2.75) is 19.0 Å².